The van der Waals surface area contributed by atoms with Gasteiger partial charge in [-0.15, -0.1) is 10.2 Å². The molecule has 0 saturated heterocycles. The maximum atomic E-state index is 12.0. The molecule has 0 unspecified atom stereocenters. The highest BCUT2D eigenvalue weighted by Crippen LogP contribution is 2.12. The normalized spacial score (nSPS) is 10.0. The standard InChI is InChI=1S/C14H16N4O/c1-3-10-5-4-6-11(9-10)16-14(19)12-7-8-13(15-2)18-17-12/h4-9H,3H2,1-2H3,(H,15,18)(H,16,19). The highest BCUT2D eigenvalue weighted by Gasteiger charge is 2.08. The Bertz CT molecular complexity index is 566. The molecule has 0 aliphatic heterocycles. The molecule has 0 saturated carbocycles. The molecule has 98 valence electrons. The van der Waals surface area contributed by atoms with Crippen molar-refractivity contribution in [1.82, 2.24) is 10.2 Å². The van der Waals surface area contributed by atoms with Gasteiger partial charge < -0.3 is 10.6 Å². The van der Waals surface area contributed by atoms with E-state index < -0.39 is 0 Å². The largest absolute Gasteiger partial charge is 0.372 e. The summed E-state index contributed by atoms with van der Waals surface area (Å²) in [7, 11) is 1.75. The van der Waals surface area contributed by atoms with Crippen LogP contribution in [0.2, 0.25) is 0 Å². The van der Waals surface area contributed by atoms with Gasteiger partial charge in [0.25, 0.3) is 5.91 Å². The Labute approximate surface area is 112 Å². The summed E-state index contributed by atoms with van der Waals surface area (Å²) in [5.41, 5.74) is 2.24. The molecule has 1 heterocycles. The molecular weight excluding hydrogens is 240 g/mol. The monoisotopic (exact) mass is 256 g/mol. The van der Waals surface area contributed by atoms with Crippen molar-refractivity contribution in [3.63, 3.8) is 0 Å². The number of hydrogen-bond donors (Lipinski definition) is 2. The van der Waals surface area contributed by atoms with Crippen LogP contribution in [0.3, 0.4) is 0 Å². The van der Waals surface area contributed by atoms with E-state index in [9.17, 15) is 4.79 Å². The number of hydrogen-bond acceptors (Lipinski definition) is 4. The summed E-state index contributed by atoms with van der Waals surface area (Å²) in [5, 5.41) is 13.4. The molecule has 19 heavy (non-hydrogen) atoms. The van der Waals surface area contributed by atoms with E-state index in [1.54, 1.807) is 19.2 Å². The van der Waals surface area contributed by atoms with Crippen molar-refractivity contribution < 1.29 is 4.79 Å². The molecule has 2 rings (SSSR count). The molecule has 5 heteroatoms. The van der Waals surface area contributed by atoms with Crippen LogP contribution in [0.25, 0.3) is 0 Å². The smallest absolute Gasteiger partial charge is 0.276 e. The van der Waals surface area contributed by atoms with Crippen molar-refractivity contribution in [3.05, 3.63) is 47.7 Å². The molecule has 5 nitrogen and oxygen atoms in total. The Hall–Kier alpha value is -2.43. The van der Waals surface area contributed by atoms with Gasteiger partial charge in [0.05, 0.1) is 0 Å². The Morgan fingerprint density at radius 1 is 1.21 bits per heavy atom. The van der Waals surface area contributed by atoms with E-state index in [0.29, 0.717) is 11.5 Å². The van der Waals surface area contributed by atoms with E-state index in [1.165, 1.54) is 5.56 Å². The summed E-state index contributed by atoms with van der Waals surface area (Å²) in [4.78, 5) is 12.0. The minimum absolute atomic E-state index is 0.261. The van der Waals surface area contributed by atoms with Crippen molar-refractivity contribution in [3.8, 4) is 0 Å². The molecule has 1 amide bonds. The lowest BCUT2D eigenvalue weighted by Gasteiger charge is -2.06. The summed E-state index contributed by atoms with van der Waals surface area (Å²) in [6.07, 6.45) is 0.931. The van der Waals surface area contributed by atoms with E-state index in [1.807, 2.05) is 24.3 Å². The number of rotatable bonds is 4. The molecular formula is C14H16N4O. The molecule has 0 aliphatic carbocycles. The lowest BCUT2D eigenvalue weighted by Crippen LogP contribution is -2.14. The summed E-state index contributed by atoms with van der Waals surface area (Å²) in [5.74, 6) is 0.368. The van der Waals surface area contributed by atoms with Crippen molar-refractivity contribution in [1.29, 1.82) is 0 Å². The summed E-state index contributed by atoms with van der Waals surface area (Å²) >= 11 is 0. The topological polar surface area (TPSA) is 66.9 Å². The van der Waals surface area contributed by atoms with Gasteiger partial charge in [0.1, 0.15) is 5.82 Å². The van der Waals surface area contributed by atoms with E-state index in [4.69, 9.17) is 0 Å². The van der Waals surface area contributed by atoms with Crippen LogP contribution < -0.4 is 10.6 Å². The van der Waals surface area contributed by atoms with Gasteiger partial charge in [-0.1, -0.05) is 19.1 Å². The Morgan fingerprint density at radius 2 is 2.05 bits per heavy atom. The fraction of sp³-hybridized carbons (Fsp3) is 0.214. The van der Waals surface area contributed by atoms with Gasteiger partial charge in [-0.05, 0) is 36.2 Å². The van der Waals surface area contributed by atoms with Gasteiger partial charge in [-0.3, -0.25) is 4.79 Å². The third kappa shape index (κ3) is 3.28. The number of aromatic nitrogens is 2. The quantitative estimate of drug-likeness (QED) is 0.881. The van der Waals surface area contributed by atoms with E-state index in [-0.39, 0.29) is 5.91 Å². The fourth-order valence-electron chi connectivity index (χ4n) is 1.65. The van der Waals surface area contributed by atoms with E-state index in [2.05, 4.69) is 27.8 Å². The second-order valence-electron chi connectivity index (χ2n) is 4.06. The summed E-state index contributed by atoms with van der Waals surface area (Å²) in [6.45, 7) is 2.07. The van der Waals surface area contributed by atoms with Gasteiger partial charge in [0.15, 0.2) is 5.69 Å². The number of nitrogens with zero attached hydrogens (tertiary/aromatic N) is 2. The highest BCUT2D eigenvalue weighted by molar-refractivity contribution is 6.02. The summed E-state index contributed by atoms with van der Waals surface area (Å²) in [6, 6.07) is 11.1. The zero-order valence-corrected chi connectivity index (χ0v) is 11.0. The molecule has 0 radical (unpaired) electrons. The lowest BCUT2D eigenvalue weighted by molar-refractivity contribution is 0.102. The van der Waals surface area contributed by atoms with Crippen LogP contribution in [0.4, 0.5) is 11.5 Å². The first-order valence-corrected chi connectivity index (χ1v) is 6.14. The van der Waals surface area contributed by atoms with Crippen LogP contribution in [-0.4, -0.2) is 23.2 Å². The number of benzene rings is 1. The van der Waals surface area contributed by atoms with Crippen LogP contribution >= 0.6 is 0 Å². The average molecular weight is 256 g/mol. The summed E-state index contributed by atoms with van der Waals surface area (Å²) < 4.78 is 0. The predicted molar refractivity (Wildman–Crippen MR) is 75.4 cm³/mol. The second-order valence-corrected chi connectivity index (χ2v) is 4.06. The van der Waals surface area contributed by atoms with E-state index >= 15 is 0 Å². The van der Waals surface area contributed by atoms with Gasteiger partial charge in [0.2, 0.25) is 0 Å². The van der Waals surface area contributed by atoms with Crippen LogP contribution in [0.15, 0.2) is 36.4 Å². The molecule has 0 atom stereocenters. The minimum atomic E-state index is -0.261. The van der Waals surface area contributed by atoms with E-state index in [0.717, 1.165) is 12.1 Å². The number of amides is 1. The van der Waals surface area contributed by atoms with Gasteiger partial charge in [-0.25, -0.2) is 0 Å². The third-order valence-electron chi connectivity index (χ3n) is 2.75. The number of carbonyl (C=O) groups is 1. The van der Waals surface area contributed by atoms with Crippen LogP contribution in [-0.2, 0) is 6.42 Å². The van der Waals surface area contributed by atoms with Gasteiger partial charge in [0, 0.05) is 12.7 Å². The first kappa shape index (κ1) is 13.0. The van der Waals surface area contributed by atoms with Crippen molar-refractivity contribution in [2.45, 2.75) is 13.3 Å². The molecule has 0 spiro atoms. The maximum absolute atomic E-state index is 12.0. The number of nitrogens with one attached hydrogen (secondary N) is 2. The van der Waals surface area contributed by atoms with Crippen molar-refractivity contribution >= 4 is 17.4 Å². The van der Waals surface area contributed by atoms with Crippen LogP contribution in [0, 0.1) is 0 Å². The zero-order chi connectivity index (χ0) is 13.7. The average Bonchev–Trinajstić information content (AvgIpc) is 2.47. The van der Waals surface area contributed by atoms with Crippen LogP contribution in [0.5, 0.6) is 0 Å². The Morgan fingerprint density at radius 3 is 2.68 bits per heavy atom. The third-order valence-corrected chi connectivity index (χ3v) is 2.75. The first-order valence-electron chi connectivity index (χ1n) is 6.14. The Kier molecular flexibility index (Phi) is 4.07. The number of carbonyl (C=O) groups excluding carboxylic acids is 1. The number of anilines is 2. The molecule has 1 aromatic carbocycles. The van der Waals surface area contributed by atoms with Crippen LogP contribution in [0.1, 0.15) is 23.0 Å². The zero-order valence-electron chi connectivity index (χ0n) is 11.0. The molecule has 2 aromatic rings. The predicted octanol–water partition coefficient (Wildman–Crippen LogP) is 2.33. The molecule has 0 fully saturated rings. The minimum Gasteiger partial charge on any atom is -0.372 e. The van der Waals surface area contributed by atoms with Crippen molar-refractivity contribution in [2.75, 3.05) is 17.7 Å². The molecule has 0 aliphatic rings. The highest BCUT2D eigenvalue weighted by atomic mass is 16.1. The maximum Gasteiger partial charge on any atom is 0.276 e. The molecule has 1 aromatic heterocycles. The molecule has 0 bridgehead atoms. The SMILES string of the molecule is CCc1cccc(NC(=O)c2ccc(NC)nn2)c1. The van der Waals surface area contributed by atoms with Gasteiger partial charge in [-0.2, -0.15) is 0 Å². The number of aryl methyl sites for hydroxylation is 1. The Balaban J connectivity index is 2.11. The van der Waals surface area contributed by atoms with Crippen molar-refractivity contribution in [2.24, 2.45) is 0 Å². The lowest BCUT2D eigenvalue weighted by atomic mass is 10.1. The second kappa shape index (κ2) is 5.95. The first-order chi connectivity index (χ1) is 9.22. The molecule has 2 N–H and O–H groups in total. The fourth-order valence-corrected chi connectivity index (χ4v) is 1.65. The van der Waals surface area contributed by atoms with Gasteiger partial charge >= 0.3 is 0 Å².